The molecule has 1 aliphatic heterocycles. The number of aliphatic hydroxyl groups excluding tert-OH is 1. The molecule has 0 saturated carbocycles. The Labute approximate surface area is 123 Å². The fourth-order valence-electron chi connectivity index (χ4n) is 3.16. The van der Waals surface area contributed by atoms with Crippen LogP contribution in [0.3, 0.4) is 0 Å². The van der Waals surface area contributed by atoms with Gasteiger partial charge in [0.1, 0.15) is 0 Å². The summed E-state index contributed by atoms with van der Waals surface area (Å²) in [7, 11) is 2.20. The highest BCUT2D eigenvalue weighted by atomic mass is 16.3. The van der Waals surface area contributed by atoms with Gasteiger partial charge in [-0.05, 0) is 58.0 Å². The van der Waals surface area contributed by atoms with Gasteiger partial charge in [0, 0.05) is 19.1 Å². The Kier molecular flexibility index (Phi) is 5.58. The molecule has 1 aromatic carbocycles. The molecule has 2 rings (SSSR count). The molecule has 1 aromatic rings. The lowest BCUT2D eigenvalue weighted by Crippen LogP contribution is -2.38. The topological polar surface area (TPSA) is 26.7 Å². The lowest BCUT2D eigenvalue weighted by Gasteiger charge is -2.28. The van der Waals surface area contributed by atoms with Gasteiger partial charge in [-0.15, -0.1) is 0 Å². The van der Waals surface area contributed by atoms with Crippen molar-refractivity contribution in [3.63, 3.8) is 0 Å². The minimum atomic E-state index is -0.343. The Morgan fingerprint density at radius 3 is 2.80 bits per heavy atom. The van der Waals surface area contributed by atoms with Crippen LogP contribution in [0.15, 0.2) is 24.3 Å². The van der Waals surface area contributed by atoms with Crippen LogP contribution in [0, 0.1) is 6.92 Å². The summed E-state index contributed by atoms with van der Waals surface area (Å²) in [6.45, 7) is 8.79. The van der Waals surface area contributed by atoms with Gasteiger partial charge in [0.05, 0.1) is 6.10 Å². The third kappa shape index (κ3) is 4.05. The van der Waals surface area contributed by atoms with Gasteiger partial charge < -0.3 is 10.0 Å². The van der Waals surface area contributed by atoms with Crippen molar-refractivity contribution in [2.75, 3.05) is 33.2 Å². The SMILES string of the molecule is Cc1ccccc1C(O)CCN1CCCN(C)CC1C. The van der Waals surface area contributed by atoms with Gasteiger partial charge >= 0.3 is 0 Å². The van der Waals surface area contributed by atoms with Crippen LogP contribution in [0.5, 0.6) is 0 Å². The summed E-state index contributed by atoms with van der Waals surface area (Å²) < 4.78 is 0. The predicted octanol–water partition coefficient (Wildman–Crippen LogP) is 2.44. The smallest absolute Gasteiger partial charge is 0.0804 e. The molecule has 0 bridgehead atoms. The lowest BCUT2D eigenvalue weighted by atomic mass is 10.0. The van der Waals surface area contributed by atoms with Gasteiger partial charge in [-0.3, -0.25) is 4.90 Å². The highest BCUT2D eigenvalue weighted by Crippen LogP contribution is 2.21. The molecule has 3 heteroatoms. The number of likely N-dealkylation sites (N-methyl/N-ethyl adjacent to an activating group) is 1. The molecule has 2 atom stereocenters. The molecule has 2 unspecified atom stereocenters. The van der Waals surface area contributed by atoms with Crippen LogP contribution in [0.1, 0.15) is 37.0 Å². The zero-order chi connectivity index (χ0) is 14.5. The maximum atomic E-state index is 10.4. The van der Waals surface area contributed by atoms with Gasteiger partial charge in [-0.1, -0.05) is 24.3 Å². The highest BCUT2D eigenvalue weighted by molar-refractivity contribution is 5.27. The minimum Gasteiger partial charge on any atom is -0.388 e. The number of hydrogen-bond donors (Lipinski definition) is 1. The standard InChI is InChI=1S/C17H28N2O/c1-14-7-4-5-8-16(14)17(20)9-12-19-11-6-10-18(3)13-15(19)2/h4-5,7-8,15,17,20H,6,9-13H2,1-3H3. The largest absolute Gasteiger partial charge is 0.388 e. The van der Waals surface area contributed by atoms with Gasteiger partial charge in [0.25, 0.3) is 0 Å². The number of rotatable bonds is 4. The first kappa shape index (κ1) is 15.5. The molecule has 1 N–H and O–H groups in total. The molecule has 112 valence electrons. The Balaban J connectivity index is 1.89. The number of benzene rings is 1. The van der Waals surface area contributed by atoms with Crippen LogP contribution in [-0.2, 0) is 0 Å². The molecule has 1 fully saturated rings. The Hall–Kier alpha value is -0.900. The first-order valence-corrected chi connectivity index (χ1v) is 7.74. The monoisotopic (exact) mass is 276 g/mol. The minimum absolute atomic E-state index is 0.343. The van der Waals surface area contributed by atoms with Gasteiger partial charge in [0.2, 0.25) is 0 Å². The van der Waals surface area contributed by atoms with E-state index < -0.39 is 0 Å². The summed E-state index contributed by atoms with van der Waals surface area (Å²) in [5.74, 6) is 0. The van der Waals surface area contributed by atoms with Crippen LogP contribution >= 0.6 is 0 Å². The van der Waals surface area contributed by atoms with Crippen LogP contribution in [-0.4, -0.2) is 54.2 Å². The van der Waals surface area contributed by atoms with Crippen molar-refractivity contribution in [2.24, 2.45) is 0 Å². The molecular weight excluding hydrogens is 248 g/mol. The van der Waals surface area contributed by atoms with Crippen molar-refractivity contribution >= 4 is 0 Å². The van der Waals surface area contributed by atoms with E-state index in [0.29, 0.717) is 6.04 Å². The van der Waals surface area contributed by atoms with E-state index in [-0.39, 0.29) is 6.10 Å². The summed E-state index contributed by atoms with van der Waals surface area (Å²) in [5, 5.41) is 10.4. The zero-order valence-electron chi connectivity index (χ0n) is 13.0. The van der Waals surface area contributed by atoms with E-state index in [1.165, 1.54) is 18.5 Å². The summed E-state index contributed by atoms with van der Waals surface area (Å²) in [6, 6.07) is 8.72. The fourth-order valence-corrected chi connectivity index (χ4v) is 3.16. The van der Waals surface area contributed by atoms with Gasteiger partial charge in [0.15, 0.2) is 0 Å². The third-order valence-corrected chi connectivity index (χ3v) is 4.42. The first-order chi connectivity index (χ1) is 9.58. The Morgan fingerprint density at radius 2 is 2.05 bits per heavy atom. The van der Waals surface area contributed by atoms with Crippen LogP contribution in [0.4, 0.5) is 0 Å². The highest BCUT2D eigenvalue weighted by Gasteiger charge is 2.20. The average Bonchev–Trinajstić information content (AvgIpc) is 2.57. The zero-order valence-corrected chi connectivity index (χ0v) is 13.0. The molecule has 1 saturated heterocycles. The summed E-state index contributed by atoms with van der Waals surface area (Å²) >= 11 is 0. The number of aryl methyl sites for hydroxylation is 1. The second-order valence-corrected chi connectivity index (χ2v) is 6.16. The molecule has 0 aliphatic carbocycles. The van der Waals surface area contributed by atoms with Gasteiger partial charge in [-0.2, -0.15) is 0 Å². The molecular formula is C17H28N2O. The normalized spacial score (nSPS) is 23.5. The predicted molar refractivity (Wildman–Crippen MR) is 83.9 cm³/mol. The molecule has 0 amide bonds. The molecule has 0 spiro atoms. The van der Waals surface area contributed by atoms with Gasteiger partial charge in [-0.25, -0.2) is 0 Å². The molecule has 20 heavy (non-hydrogen) atoms. The maximum absolute atomic E-state index is 10.4. The fraction of sp³-hybridized carbons (Fsp3) is 0.647. The number of aliphatic hydroxyl groups is 1. The second-order valence-electron chi connectivity index (χ2n) is 6.16. The quantitative estimate of drug-likeness (QED) is 0.915. The maximum Gasteiger partial charge on any atom is 0.0804 e. The average molecular weight is 276 g/mol. The van der Waals surface area contributed by atoms with Crippen molar-refractivity contribution in [2.45, 2.75) is 38.8 Å². The summed E-state index contributed by atoms with van der Waals surface area (Å²) in [4.78, 5) is 4.92. The number of nitrogens with zero attached hydrogens (tertiary/aromatic N) is 2. The van der Waals surface area contributed by atoms with E-state index in [1.807, 2.05) is 18.2 Å². The Morgan fingerprint density at radius 1 is 1.30 bits per heavy atom. The molecule has 3 nitrogen and oxygen atoms in total. The molecule has 0 radical (unpaired) electrons. The van der Waals surface area contributed by atoms with E-state index in [0.717, 1.165) is 31.6 Å². The van der Waals surface area contributed by atoms with E-state index in [9.17, 15) is 5.11 Å². The van der Waals surface area contributed by atoms with Crippen molar-refractivity contribution in [3.05, 3.63) is 35.4 Å². The number of hydrogen-bond acceptors (Lipinski definition) is 3. The molecule has 0 aromatic heterocycles. The molecule has 1 heterocycles. The van der Waals surface area contributed by atoms with Crippen LogP contribution in [0.25, 0.3) is 0 Å². The van der Waals surface area contributed by atoms with Crippen LogP contribution < -0.4 is 0 Å². The lowest BCUT2D eigenvalue weighted by molar-refractivity contribution is 0.126. The van der Waals surface area contributed by atoms with Crippen molar-refractivity contribution in [1.29, 1.82) is 0 Å². The van der Waals surface area contributed by atoms with Crippen LogP contribution in [0.2, 0.25) is 0 Å². The second kappa shape index (κ2) is 7.21. The third-order valence-electron chi connectivity index (χ3n) is 4.42. The van der Waals surface area contributed by atoms with Crippen molar-refractivity contribution < 1.29 is 5.11 Å². The Bertz CT molecular complexity index is 421. The molecule has 1 aliphatic rings. The van der Waals surface area contributed by atoms with E-state index in [2.05, 4.69) is 36.8 Å². The van der Waals surface area contributed by atoms with Crippen molar-refractivity contribution in [3.8, 4) is 0 Å². The van der Waals surface area contributed by atoms with E-state index in [1.54, 1.807) is 0 Å². The summed E-state index contributed by atoms with van der Waals surface area (Å²) in [5.41, 5.74) is 2.26. The van der Waals surface area contributed by atoms with E-state index >= 15 is 0 Å². The summed E-state index contributed by atoms with van der Waals surface area (Å²) in [6.07, 6.45) is 1.70. The van der Waals surface area contributed by atoms with Crippen molar-refractivity contribution in [1.82, 2.24) is 9.80 Å². The van der Waals surface area contributed by atoms with E-state index in [4.69, 9.17) is 0 Å². The first-order valence-electron chi connectivity index (χ1n) is 7.74.